The lowest BCUT2D eigenvalue weighted by Crippen LogP contribution is -2.32. The average Bonchev–Trinajstić information content (AvgIpc) is 3.16. The zero-order valence-corrected chi connectivity index (χ0v) is 38.3. The Kier molecular flexibility index (Phi) is 36.4. The van der Waals surface area contributed by atoms with Gasteiger partial charge in [0, 0.05) is 25.0 Å². The number of esters is 2. The van der Waals surface area contributed by atoms with Gasteiger partial charge in [-0.25, -0.2) is 0 Å². The van der Waals surface area contributed by atoms with E-state index in [0.29, 0.717) is 13.0 Å². The highest BCUT2D eigenvalue weighted by Gasteiger charge is 2.31. The molecule has 328 valence electrons. The van der Waals surface area contributed by atoms with Gasteiger partial charge in [-0.2, -0.15) is 0 Å². The van der Waals surface area contributed by atoms with Gasteiger partial charge in [0.1, 0.15) is 6.10 Å². The highest BCUT2D eigenvalue weighted by molar-refractivity contribution is 5.76. The Labute approximate surface area is 343 Å². The van der Waals surface area contributed by atoms with Crippen LogP contribution in [-0.4, -0.2) is 60.9 Å². The molecule has 6 nitrogen and oxygen atoms in total. The SMILES string of the molecule is CCCCCCCCCCCCC(=O)OCC(C)(C)CCN(CCCO)CCCCCCC(C)(C)C(=O)OC(CCCCCCCC)CCCCCCCC. The third-order valence-electron chi connectivity index (χ3n) is 11.7. The Hall–Kier alpha value is -1.14. The number of aliphatic hydroxyl groups excluding tert-OH is 1. The molecule has 0 atom stereocenters. The van der Waals surface area contributed by atoms with Crippen molar-refractivity contribution in [1.29, 1.82) is 0 Å². The number of ether oxygens (including phenoxy) is 2. The zero-order chi connectivity index (χ0) is 40.9. The lowest BCUT2D eigenvalue weighted by Gasteiger charge is -2.29. The van der Waals surface area contributed by atoms with E-state index in [0.717, 1.165) is 103 Å². The van der Waals surface area contributed by atoms with Gasteiger partial charge in [0.2, 0.25) is 0 Å². The van der Waals surface area contributed by atoms with Crippen LogP contribution in [0.3, 0.4) is 0 Å². The quantitative estimate of drug-likeness (QED) is 0.0491. The third kappa shape index (κ3) is 34.6. The first-order valence-electron chi connectivity index (χ1n) is 24.2. The minimum atomic E-state index is -0.448. The van der Waals surface area contributed by atoms with Crippen molar-refractivity contribution in [2.75, 3.05) is 32.8 Å². The Balaban J connectivity index is 4.49. The van der Waals surface area contributed by atoms with E-state index in [1.165, 1.54) is 116 Å². The summed E-state index contributed by atoms with van der Waals surface area (Å²) < 4.78 is 12.0. The first-order chi connectivity index (χ1) is 26.5. The molecule has 0 rings (SSSR count). The molecule has 0 aromatic carbocycles. The fraction of sp³-hybridized carbons (Fsp3) is 0.959. The van der Waals surface area contributed by atoms with Crippen LogP contribution < -0.4 is 0 Å². The second kappa shape index (κ2) is 37.2. The molecule has 0 aromatic heterocycles. The highest BCUT2D eigenvalue weighted by atomic mass is 16.5. The van der Waals surface area contributed by atoms with Crippen LogP contribution in [-0.2, 0) is 19.1 Å². The Bertz CT molecular complexity index is 842. The van der Waals surface area contributed by atoms with Crippen LogP contribution >= 0.6 is 0 Å². The number of hydrogen-bond acceptors (Lipinski definition) is 6. The number of carbonyl (C=O) groups is 2. The van der Waals surface area contributed by atoms with Crippen molar-refractivity contribution < 1.29 is 24.2 Å². The normalized spacial score (nSPS) is 12.3. The van der Waals surface area contributed by atoms with Crippen molar-refractivity contribution >= 4 is 11.9 Å². The van der Waals surface area contributed by atoms with Crippen LogP contribution in [0.15, 0.2) is 0 Å². The molecule has 0 unspecified atom stereocenters. The minimum absolute atomic E-state index is 0.00302. The van der Waals surface area contributed by atoms with Crippen LogP contribution in [0, 0.1) is 10.8 Å². The molecule has 0 fully saturated rings. The van der Waals surface area contributed by atoms with Crippen LogP contribution in [0.5, 0.6) is 0 Å². The van der Waals surface area contributed by atoms with Gasteiger partial charge in [0.05, 0.1) is 12.0 Å². The summed E-state index contributed by atoms with van der Waals surface area (Å²) in [6.45, 7) is 18.9. The largest absolute Gasteiger partial charge is 0.465 e. The maximum atomic E-state index is 13.4. The Morgan fingerprint density at radius 2 is 0.964 bits per heavy atom. The maximum absolute atomic E-state index is 13.4. The van der Waals surface area contributed by atoms with Crippen molar-refractivity contribution in [2.24, 2.45) is 10.8 Å². The van der Waals surface area contributed by atoms with Crippen molar-refractivity contribution in [3.8, 4) is 0 Å². The molecule has 0 aromatic rings. The first-order valence-corrected chi connectivity index (χ1v) is 24.2. The molecule has 0 saturated carbocycles. The summed E-state index contributed by atoms with van der Waals surface area (Å²) in [5.74, 6) is -0.0564. The topological polar surface area (TPSA) is 76.1 Å². The molecule has 0 radical (unpaired) electrons. The number of unbranched alkanes of at least 4 members (excludes halogenated alkanes) is 22. The van der Waals surface area contributed by atoms with Crippen LogP contribution in [0.4, 0.5) is 0 Å². The smallest absolute Gasteiger partial charge is 0.311 e. The predicted molar refractivity (Wildman–Crippen MR) is 237 cm³/mol. The molecule has 55 heavy (non-hydrogen) atoms. The highest BCUT2D eigenvalue weighted by Crippen LogP contribution is 2.29. The number of carbonyl (C=O) groups excluding carboxylic acids is 2. The van der Waals surface area contributed by atoms with Gasteiger partial charge >= 0.3 is 11.9 Å². The minimum Gasteiger partial charge on any atom is -0.465 e. The van der Waals surface area contributed by atoms with E-state index in [1.807, 2.05) is 0 Å². The van der Waals surface area contributed by atoms with Gasteiger partial charge < -0.3 is 19.5 Å². The van der Waals surface area contributed by atoms with Crippen LogP contribution in [0.2, 0.25) is 0 Å². The summed E-state index contributed by atoms with van der Waals surface area (Å²) in [7, 11) is 0. The number of aliphatic hydroxyl groups is 1. The van der Waals surface area contributed by atoms with Crippen molar-refractivity contribution in [1.82, 2.24) is 4.90 Å². The lowest BCUT2D eigenvalue weighted by atomic mass is 9.86. The summed E-state index contributed by atoms with van der Waals surface area (Å²) in [4.78, 5) is 28.3. The summed E-state index contributed by atoms with van der Waals surface area (Å²) >= 11 is 0. The van der Waals surface area contributed by atoms with Gasteiger partial charge in [0.15, 0.2) is 0 Å². The second-order valence-electron chi connectivity index (χ2n) is 18.6. The third-order valence-corrected chi connectivity index (χ3v) is 11.7. The van der Waals surface area contributed by atoms with E-state index in [-0.39, 0.29) is 30.1 Å². The summed E-state index contributed by atoms with van der Waals surface area (Å²) in [5.41, 5.74) is -0.524. The summed E-state index contributed by atoms with van der Waals surface area (Å²) in [5, 5.41) is 9.52. The van der Waals surface area contributed by atoms with E-state index in [4.69, 9.17) is 9.47 Å². The van der Waals surface area contributed by atoms with E-state index >= 15 is 0 Å². The molecule has 0 aliphatic heterocycles. The molecular formula is C49H97NO5. The molecule has 0 bridgehead atoms. The van der Waals surface area contributed by atoms with E-state index in [9.17, 15) is 14.7 Å². The van der Waals surface area contributed by atoms with Gasteiger partial charge in [-0.1, -0.05) is 176 Å². The second-order valence-corrected chi connectivity index (χ2v) is 18.6. The standard InChI is InChI=1S/C49H97NO5/c1-8-11-14-17-20-21-22-23-26-31-37-46(52)54-44-48(4,5)39-42-50(41-34-43-51)40-33-28-27-32-38-49(6,7)47(53)55-45(35-29-24-18-15-12-9-2)36-30-25-19-16-13-10-3/h45,51H,8-44H2,1-7H3. The molecule has 0 heterocycles. The number of hydrogen-bond donors (Lipinski definition) is 1. The van der Waals surface area contributed by atoms with Crippen molar-refractivity contribution in [3.63, 3.8) is 0 Å². The lowest BCUT2D eigenvalue weighted by molar-refractivity contribution is -0.161. The van der Waals surface area contributed by atoms with Crippen LogP contribution in [0.1, 0.15) is 254 Å². The molecule has 0 amide bonds. The number of rotatable bonds is 42. The first kappa shape index (κ1) is 53.9. The predicted octanol–water partition coefficient (Wildman–Crippen LogP) is 14.3. The molecule has 6 heteroatoms. The number of nitrogens with zero attached hydrogens (tertiary/aromatic N) is 1. The van der Waals surface area contributed by atoms with Gasteiger partial charge in [0.25, 0.3) is 0 Å². The molecule has 0 saturated heterocycles. The van der Waals surface area contributed by atoms with Gasteiger partial charge in [-0.15, -0.1) is 0 Å². The van der Waals surface area contributed by atoms with Crippen molar-refractivity contribution in [2.45, 2.75) is 260 Å². The van der Waals surface area contributed by atoms with E-state index in [2.05, 4.69) is 53.4 Å². The van der Waals surface area contributed by atoms with Crippen LogP contribution in [0.25, 0.3) is 0 Å². The molecule has 0 aliphatic carbocycles. The monoisotopic (exact) mass is 780 g/mol. The Morgan fingerprint density at radius 1 is 0.527 bits per heavy atom. The fourth-order valence-electron chi connectivity index (χ4n) is 7.50. The average molecular weight is 780 g/mol. The summed E-state index contributed by atoms with van der Waals surface area (Å²) in [6.07, 6.45) is 37.6. The molecule has 1 N–H and O–H groups in total. The fourth-order valence-corrected chi connectivity index (χ4v) is 7.50. The maximum Gasteiger partial charge on any atom is 0.311 e. The molecule has 0 aliphatic rings. The van der Waals surface area contributed by atoms with Gasteiger partial charge in [-0.3, -0.25) is 9.59 Å². The van der Waals surface area contributed by atoms with E-state index in [1.54, 1.807) is 0 Å². The Morgan fingerprint density at radius 3 is 1.47 bits per heavy atom. The van der Waals surface area contributed by atoms with Crippen molar-refractivity contribution in [3.05, 3.63) is 0 Å². The van der Waals surface area contributed by atoms with Gasteiger partial charge in [-0.05, 0) is 84.7 Å². The molecule has 0 spiro atoms. The molecular weight excluding hydrogens is 683 g/mol. The van der Waals surface area contributed by atoms with E-state index < -0.39 is 5.41 Å². The summed E-state index contributed by atoms with van der Waals surface area (Å²) in [6, 6.07) is 0. The zero-order valence-electron chi connectivity index (χ0n) is 38.3.